The Kier molecular flexibility index (Phi) is 5.90. The van der Waals surface area contributed by atoms with Crippen molar-refractivity contribution in [1.29, 1.82) is 0 Å². The van der Waals surface area contributed by atoms with Gasteiger partial charge in [-0.3, -0.25) is 9.59 Å². The van der Waals surface area contributed by atoms with Gasteiger partial charge in [-0.2, -0.15) is 0 Å². The zero-order valence-electron chi connectivity index (χ0n) is 18.3. The molecule has 0 bridgehead atoms. The van der Waals surface area contributed by atoms with Gasteiger partial charge >= 0.3 is 5.69 Å². The molecule has 0 spiro atoms. The van der Waals surface area contributed by atoms with E-state index in [1.165, 1.54) is 23.3 Å². The van der Waals surface area contributed by atoms with Crippen molar-refractivity contribution in [3.8, 4) is 5.69 Å². The highest BCUT2D eigenvalue weighted by molar-refractivity contribution is 8.00. The predicted octanol–water partition coefficient (Wildman–Crippen LogP) is 4.00. The molecule has 0 fully saturated rings. The fourth-order valence-electron chi connectivity index (χ4n) is 4.02. The fourth-order valence-corrected chi connectivity index (χ4v) is 4.94. The van der Waals surface area contributed by atoms with Crippen LogP contribution in [0.2, 0.25) is 0 Å². The Bertz CT molecular complexity index is 1190. The minimum Gasteiger partial charge on any atom is -0.355 e. The predicted molar refractivity (Wildman–Crippen MR) is 118 cm³/mol. The monoisotopic (exact) mass is 426 g/mol. The number of hydrogen-bond donors (Lipinski definition) is 2. The number of rotatable bonds is 6. The van der Waals surface area contributed by atoms with E-state index in [-0.39, 0.29) is 17.3 Å². The molecule has 7 nitrogen and oxygen atoms in total. The topological polar surface area (TPSA) is 101 Å². The number of aromatic nitrogens is 4. The number of Topliss-reactive ketones (excluding diaryl/α,β-unsaturated/α-hetero) is 2. The lowest BCUT2D eigenvalue weighted by Gasteiger charge is -2.15. The number of aryl methyl sites for hydroxylation is 4. The highest BCUT2D eigenvalue weighted by Gasteiger charge is 2.26. The van der Waals surface area contributed by atoms with Crippen LogP contribution in [-0.4, -0.2) is 36.6 Å². The maximum absolute atomic E-state index is 13.1. The zero-order valence-corrected chi connectivity index (χ0v) is 19.1. The molecule has 1 unspecified atom stereocenters. The van der Waals surface area contributed by atoms with Crippen LogP contribution < -0.4 is 5.69 Å². The van der Waals surface area contributed by atoms with Gasteiger partial charge in [0.2, 0.25) is 0 Å². The average molecular weight is 427 g/mol. The second kappa shape index (κ2) is 8.10. The van der Waals surface area contributed by atoms with Crippen molar-refractivity contribution in [2.24, 2.45) is 0 Å². The van der Waals surface area contributed by atoms with Crippen molar-refractivity contribution in [2.75, 3.05) is 0 Å². The molecule has 8 heteroatoms. The number of thioether (sulfide) groups is 1. The van der Waals surface area contributed by atoms with Crippen LogP contribution in [0, 0.1) is 34.6 Å². The molecule has 1 aromatic carbocycles. The molecule has 3 rings (SSSR count). The SMILES string of the molecule is CC(=O)c1c(C)[nH]c(C(=O)C(C)Sc2n[nH]c(=O)n2-c2c(C)cc(C)cc2C)c1C. The first-order valence-electron chi connectivity index (χ1n) is 9.69. The summed E-state index contributed by atoms with van der Waals surface area (Å²) >= 11 is 1.21. The number of aromatic amines is 2. The van der Waals surface area contributed by atoms with E-state index in [1.54, 1.807) is 20.8 Å². The largest absolute Gasteiger partial charge is 0.355 e. The molecule has 1 atom stereocenters. The highest BCUT2D eigenvalue weighted by atomic mass is 32.2. The Hall–Kier alpha value is -2.87. The van der Waals surface area contributed by atoms with Gasteiger partial charge in [0.1, 0.15) is 0 Å². The number of nitrogens with zero attached hydrogens (tertiary/aromatic N) is 2. The average Bonchev–Trinajstić information content (AvgIpc) is 3.13. The summed E-state index contributed by atoms with van der Waals surface area (Å²) in [6, 6.07) is 4.03. The quantitative estimate of drug-likeness (QED) is 0.458. The molecule has 3 aromatic rings. The van der Waals surface area contributed by atoms with Gasteiger partial charge in [0.25, 0.3) is 0 Å². The lowest BCUT2D eigenvalue weighted by atomic mass is 10.0. The van der Waals surface area contributed by atoms with Crippen LogP contribution in [0.1, 0.15) is 62.6 Å². The summed E-state index contributed by atoms with van der Waals surface area (Å²) < 4.78 is 1.52. The number of carbonyl (C=O) groups is 2. The van der Waals surface area contributed by atoms with E-state index in [1.807, 2.05) is 32.9 Å². The summed E-state index contributed by atoms with van der Waals surface area (Å²) in [6.07, 6.45) is 0. The van der Waals surface area contributed by atoms with Gasteiger partial charge in [-0.25, -0.2) is 14.5 Å². The molecule has 30 heavy (non-hydrogen) atoms. The van der Waals surface area contributed by atoms with Gasteiger partial charge in [-0.15, -0.1) is 5.10 Å². The lowest BCUT2D eigenvalue weighted by molar-refractivity contribution is 0.0988. The third-order valence-electron chi connectivity index (χ3n) is 5.19. The molecule has 0 radical (unpaired) electrons. The zero-order chi connectivity index (χ0) is 22.3. The normalized spacial score (nSPS) is 12.2. The standard InChI is InChI=1S/C22H26N4O3S/c1-10-8-11(2)19(12(3)9-10)26-21(29)24-25-22(26)30-16(7)20(28)18-13(4)17(15(6)27)14(5)23-18/h8-9,16,23H,1-7H3,(H,24,29). The summed E-state index contributed by atoms with van der Waals surface area (Å²) in [6.45, 7) is 12.7. The Labute approximate surface area is 179 Å². The first-order valence-corrected chi connectivity index (χ1v) is 10.6. The summed E-state index contributed by atoms with van der Waals surface area (Å²) in [7, 11) is 0. The second-order valence-corrected chi connectivity index (χ2v) is 9.01. The van der Waals surface area contributed by atoms with Crippen molar-refractivity contribution in [2.45, 2.75) is 58.9 Å². The number of nitrogens with one attached hydrogen (secondary N) is 2. The molecule has 158 valence electrons. The molecule has 0 aliphatic heterocycles. The van der Waals surface area contributed by atoms with E-state index < -0.39 is 5.25 Å². The van der Waals surface area contributed by atoms with Crippen molar-refractivity contribution >= 4 is 23.3 Å². The molecule has 0 aliphatic carbocycles. The third kappa shape index (κ3) is 3.79. The number of carbonyl (C=O) groups excluding carboxylic acids is 2. The minimum absolute atomic E-state index is 0.0768. The van der Waals surface area contributed by atoms with Crippen LogP contribution in [0.5, 0.6) is 0 Å². The molecule has 2 aromatic heterocycles. The van der Waals surface area contributed by atoms with Crippen LogP contribution in [-0.2, 0) is 0 Å². The highest BCUT2D eigenvalue weighted by Crippen LogP contribution is 2.29. The molecule has 0 saturated heterocycles. The fraction of sp³-hybridized carbons (Fsp3) is 0.364. The van der Waals surface area contributed by atoms with Gasteiger partial charge in [0.05, 0.1) is 16.6 Å². The summed E-state index contributed by atoms with van der Waals surface area (Å²) in [4.78, 5) is 40.6. The van der Waals surface area contributed by atoms with Crippen molar-refractivity contribution in [1.82, 2.24) is 19.7 Å². The minimum atomic E-state index is -0.512. The number of ketones is 2. The summed E-state index contributed by atoms with van der Waals surface area (Å²) in [5.74, 6) is -0.223. The van der Waals surface area contributed by atoms with Gasteiger partial charge in [0.15, 0.2) is 16.7 Å². The van der Waals surface area contributed by atoms with E-state index in [4.69, 9.17) is 0 Å². The number of benzene rings is 1. The summed E-state index contributed by atoms with van der Waals surface area (Å²) in [5.41, 5.74) is 5.76. The maximum Gasteiger partial charge on any atom is 0.348 e. The molecular weight excluding hydrogens is 400 g/mol. The van der Waals surface area contributed by atoms with E-state index in [0.29, 0.717) is 27.7 Å². The lowest BCUT2D eigenvalue weighted by Crippen LogP contribution is -2.20. The van der Waals surface area contributed by atoms with Gasteiger partial charge in [-0.05, 0) is 65.2 Å². The second-order valence-electron chi connectivity index (χ2n) is 7.70. The van der Waals surface area contributed by atoms with Crippen LogP contribution in [0.25, 0.3) is 5.69 Å². The van der Waals surface area contributed by atoms with E-state index in [9.17, 15) is 14.4 Å². The van der Waals surface area contributed by atoms with Crippen LogP contribution in [0.4, 0.5) is 0 Å². The molecule has 0 amide bonds. The molecule has 2 N–H and O–H groups in total. The summed E-state index contributed by atoms with van der Waals surface area (Å²) in [5, 5.41) is 6.57. The van der Waals surface area contributed by atoms with E-state index in [0.717, 1.165) is 22.4 Å². The molecular formula is C22H26N4O3S. The van der Waals surface area contributed by atoms with Crippen molar-refractivity contribution < 1.29 is 9.59 Å². The van der Waals surface area contributed by atoms with Gasteiger partial charge in [0, 0.05) is 11.3 Å². The Morgan fingerprint density at radius 3 is 2.23 bits per heavy atom. The van der Waals surface area contributed by atoms with Crippen molar-refractivity contribution in [3.63, 3.8) is 0 Å². The Morgan fingerprint density at radius 2 is 1.70 bits per heavy atom. The van der Waals surface area contributed by atoms with Crippen LogP contribution in [0.3, 0.4) is 0 Å². The maximum atomic E-state index is 13.1. The number of H-pyrrole nitrogens is 2. The van der Waals surface area contributed by atoms with Crippen molar-refractivity contribution in [3.05, 3.63) is 61.8 Å². The van der Waals surface area contributed by atoms with E-state index in [2.05, 4.69) is 15.2 Å². The van der Waals surface area contributed by atoms with Gasteiger partial charge < -0.3 is 4.98 Å². The van der Waals surface area contributed by atoms with E-state index >= 15 is 0 Å². The first kappa shape index (κ1) is 21.8. The molecule has 0 saturated carbocycles. The molecule has 2 heterocycles. The van der Waals surface area contributed by atoms with Crippen LogP contribution >= 0.6 is 11.8 Å². The third-order valence-corrected chi connectivity index (χ3v) is 6.24. The molecule has 0 aliphatic rings. The Morgan fingerprint density at radius 1 is 1.10 bits per heavy atom. The smallest absolute Gasteiger partial charge is 0.348 e. The first-order chi connectivity index (χ1) is 14.0. The number of hydrogen-bond acceptors (Lipinski definition) is 5. The van der Waals surface area contributed by atoms with Gasteiger partial charge in [-0.1, -0.05) is 29.5 Å². The van der Waals surface area contributed by atoms with Crippen LogP contribution in [0.15, 0.2) is 22.1 Å². The Balaban J connectivity index is 1.98.